The van der Waals surface area contributed by atoms with Gasteiger partial charge < -0.3 is 0 Å². The molecule has 0 fully saturated rings. The summed E-state index contributed by atoms with van der Waals surface area (Å²) in [4.78, 5) is 0. The van der Waals surface area contributed by atoms with Gasteiger partial charge in [-0.1, -0.05) is 62.9 Å². The smallest absolute Gasteiger partial charge is 0.0149 e. The van der Waals surface area contributed by atoms with Gasteiger partial charge in [-0.25, -0.2) is 0 Å². The summed E-state index contributed by atoms with van der Waals surface area (Å²) >= 11 is 0. The molecule has 2 aromatic rings. The second kappa shape index (κ2) is 5.44. The summed E-state index contributed by atoms with van der Waals surface area (Å²) in [6, 6.07) is 15.0. The van der Waals surface area contributed by atoms with Crippen molar-refractivity contribution in [2.45, 2.75) is 33.6 Å². The maximum Gasteiger partial charge on any atom is -0.0149 e. The van der Waals surface area contributed by atoms with Crippen LogP contribution in [0, 0.1) is 13.8 Å². The van der Waals surface area contributed by atoms with Crippen LogP contribution in [0.5, 0.6) is 0 Å². The van der Waals surface area contributed by atoms with Gasteiger partial charge in [0.05, 0.1) is 0 Å². The van der Waals surface area contributed by atoms with Gasteiger partial charge in [0.1, 0.15) is 0 Å². The van der Waals surface area contributed by atoms with Gasteiger partial charge in [-0.15, -0.1) is 0 Å². The van der Waals surface area contributed by atoms with E-state index in [0.29, 0.717) is 5.92 Å². The molecule has 0 aliphatic rings. The molecule has 0 N–H and O–H groups in total. The number of hydrogen-bond acceptors (Lipinski definition) is 0. The van der Waals surface area contributed by atoms with Crippen LogP contribution < -0.4 is 0 Å². The van der Waals surface area contributed by atoms with Crippen molar-refractivity contribution in [2.24, 2.45) is 0 Å². The molecule has 19 heavy (non-hydrogen) atoms. The second-order valence-corrected chi connectivity index (χ2v) is 5.47. The van der Waals surface area contributed by atoms with Crippen molar-refractivity contribution < 1.29 is 0 Å². The van der Waals surface area contributed by atoms with E-state index in [1.165, 1.54) is 27.8 Å². The highest BCUT2D eigenvalue weighted by atomic mass is 14.2. The van der Waals surface area contributed by atoms with E-state index in [0.717, 1.165) is 5.57 Å². The molecule has 0 nitrogen and oxygen atoms in total. The Bertz CT molecular complexity index is 603. The van der Waals surface area contributed by atoms with Crippen molar-refractivity contribution in [1.29, 1.82) is 0 Å². The third kappa shape index (κ3) is 2.63. The Labute approximate surface area is 116 Å². The molecule has 0 unspecified atom stereocenters. The molecule has 0 heterocycles. The van der Waals surface area contributed by atoms with E-state index in [2.05, 4.69) is 76.7 Å². The van der Waals surface area contributed by atoms with Crippen molar-refractivity contribution in [1.82, 2.24) is 0 Å². The summed E-state index contributed by atoms with van der Waals surface area (Å²) in [6.45, 7) is 13.1. The van der Waals surface area contributed by atoms with Gasteiger partial charge in [-0.2, -0.15) is 0 Å². The van der Waals surface area contributed by atoms with Crippen LogP contribution in [-0.4, -0.2) is 0 Å². The third-order valence-electron chi connectivity index (χ3n) is 3.84. The molecule has 0 aromatic heterocycles. The van der Waals surface area contributed by atoms with Crippen molar-refractivity contribution >= 4 is 5.57 Å². The van der Waals surface area contributed by atoms with E-state index in [9.17, 15) is 0 Å². The summed E-state index contributed by atoms with van der Waals surface area (Å²) in [7, 11) is 0. The van der Waals surface area contributed by atoms with Crippen molar-refractivity contribution in [2.75, 3.05) is 0 Å². The zero-order chi connectivity index (χ0) is 14.0. The van der Waals surface area contributed by atoms with E-state index in [1.54, 1.807) is 0 Å². The number of benzene rings is 2. The maximum atomic E-state index is 4.34. The molecule has 0 amide bonds. The van der Waals surface area contributed by atoms with Crippen molar-refractivity contribution in [3.05, 3.63) is 76.9 Å². The molecule has 98 valence electrons. The Morgan fingerprint density at radius 2 is 1.53 bits per heavy atom. The van der Waals surface area contributed by atoms with Gasteiger partial charge in [0.2, 0.25) is 0 Å². The standard InChI is InChI=1S/C19H22/c1-13(2)17-10-6-7-11-19(17)16(5)18-12-8-9-14(3)15(18)4/h6-13H,5H2,1-4H3. The van der Waals surface area contributed by atoms with Crippen molar-refractivity contribution in [3.8, 4) is 0 Å². The molecule has 0 aliphatic carbocycles. The number of aryl methyl sites for hydroxylation is 1. The first-order valence-electron chi connectivity index (χ1n) is 6.87. The fourth-order valence-electron chi connectivity index (χ4n) is 2.50. The van der Waals surface area contributed by atoms with Crippen LogP contribution in [0.25, 0.3) is 5.57 Å². The molecule has 0 atom stereocenters. The zero-order valence-electron chi connectivity index (χ0n) is 12.3. The van der Waals surface area contributed by atoms with Gasteiger partial charge in [0.25, 0.3) is 0 Å². The lowest BCUT2D eigenvalue weighted by atomic mass is 9.87. The number of hydrogen-bond donors (Lipinski definition) is 0. The normalized spacial score (nSPS) is 10.8. The number of rotatable bonds is 3. The van der Waals surface area contributed by atoms with E-state index in [4.69, 9.17) is 0 Å². The summed E-state index contributed by atoms with van der Waals surface area (Å²) in [6.07, 6.45) is 0. The Balaban J connectivity index is 2.54. The quantitative estimate of drug-likeness (QED) is 0.676. The van der Waals surface area contributed by atoms with Crippen LogP contribution in [0.3, 0.4) is 0 Å². The minimum atomic E-state index is 0.512. The molecule has 0 heteroatoms. The Hall–Kier alpha value is -1.82. The van der Waals surface area contributed by atoms with Crippen LogP contribution in [0.15, 0.2) is 49.0 Å². The van der Waals surface area contributed by atoms with Crippen LogP contribution in [0.1, 0.15) is 47.6 Å². The molecule has 2 rings (SSSR count). The monoisotopic (exact) mass is 250 g/mol. The minimum absolute atomic E-state index is 0.512. The topological polar surface area (TPSA) is 0 Å². The maximum absolute atomic E-state index is 4.34. The highest BCUT2D eigenvalue weighted by molar-refractivity contribution is 5.81. The molecule has 0 saturated heterocycles. The first-order chi connectivity index (χ1) is 9.02. The highest BCUT2D eigenvalue weighted by Crippen LogP contribution is 2.31. The Kier molecular flexibility index (Phi) is 3.90. The van der Waals surface area contributed by atoms with Crippen LogP contribution in [-0.2, 0) is 0 Å². The van der Waals surface area contributed by atoms with Gasteiger partial charge >= 0.3 is 0 Å². The molecule has 0 spiro atoms. The molecule has 2 aromatic carbocycles. The summed E-state index contributed by atoms with van der Waals surface area (Å²) < 4.78 is 0. The molecular weight excluding hydrogens is 228 g/mol. The average molecular weight is 250 g/mol. The van der Waals surface area contributed by atoms with E-state index >= 15 is 0 Å². The van der Waals surface area contributed by atoms with Gasteiger partial charge in [0.15, 0.2) is 0 Å². The largest absolute Gasteiger partial charge is 0.0905 e. The zero-order valence-corrected chi connectivity index (χ0v) is 12.3. The summed E-state index contributed by atoms with van der Waals surface area (Å²) in [5.74, 6) is 0.512. The SMILES string of the molecule is C=C(c1ccccc1C(C)C)c1cccc(C)c1C. The predicted molar refractivity (Wildman–Crippen MR) is 84.6 cm³/mol. The lowest BCUT2D eigenvalue weighted by Gasteiger charge is -2.17. The van der Waals surface area contributed by atoms with Crippen LogP contribution in [0.4, 0.5) is 0 Å². The first-order valence-corrected chi connectivity index (χ1v) is 6.87. The summed E-state index contributed by atoms with van der Waals surface area (Å²) in [5, 5.41) is 0. The fourth-order valence-corrected chi connectivity index (χ4v) is 2.50. The predicted octanol–water partition coefficient (Wildman–Crippen LogP) is 5.49. The highest BCUT2D eigenvalue weighted by Gasteiger charge is 2.12. The van der Waals surface area contributed by atoms with Crippen LogP contribution in [0.2, 0.25) is 0 Å². The Morgan fingerprint density at radius 1 is 0.895 bits per heavy atom. The average Bonchev–Trinajstić information content (AvgIpc) is 2.41. The van der Waals surface area contributed by atoms with Gasteiger partial charge in [0, 0.05) is 0 Å². The molecule has 0 bridgehead atoms. The fraction of sp³-hybridized carbons (Fsp3) is 0.263. The van der Waals surface area contributed by atoms with E-state index in [1.807, 2.05) is 0 Å². The lowest BCUT2D eigenvalue weighted by Crippen LogP contribution is -1.98. The first kappa shape index (κ1) is 13.6. The van der Waals surface area contributed by atoms with E-state index in [-0.39, 0.29) is 0 Å². The second-order valence-electron chi connectivity index (χ2n) is 5.47. The molecular formula is C19H22. The van der Waals surface area contributed by atoms with E-state index < -0.39 is 0 Å². The van der Waals surface area contributed by atoms with Crippen molar-refractivity contribution in [3.63, 3.8) is 0 Å². The third-order valence-corrected chi connectivity index (χ3v) is 3.84. The van der Waals surface area contributed by atoms with Gasteiger partial charge in [-0.05, 0) is 53.2 Å². The molecule has 0 saturated carbocycles. The van der Waals surface area contributed by atoms with Gasteiger partial charge in [-0.3, -0.25) is 0 Å². The lowest BCUT2D eigenvalue weighted by molar-refractivity contribution is 0.863. The minimum Gasteiger partial charge on any atom is -0.0905 e. The molecule has 0 radical (unpaired) electrons. The molecule has 0 aliphatic heterocycles. The Morgan fingerprint density at radius 3 is 2.21 bits per heavy atom. The summed E-state index contributed by atoms with van der Waals surface area (Å²) in [5.41, 5.74) is 7.67. The van der Waals surface area contributed by atoms with Crippen LogP contribution >= 0.6 is 0 Å².